The van der Waals surface area contributed by atoms with Crippen LogP contribution in [0.15, 0.2) is 205 Å². The van der Waals surface area contributed by atoms with Crippen LogP contribution in [0.1, 0.15) is 0 Å². The van der Waals surface area contributed by atoms with E-state index in [0.717, 1.165) is 39.0 Å². The van der Waals surface area contributed by atoms with Crippen molar-refractivity contribution in [2.24, 2.45) is 0 Å². The fourth-order valence-electron chi connectivity index (χ4n) is 8.18. The van der Waals surface area contributed by atoms with Crippen molar-refractivity contribution in [1.82, 2.24) is 0 Å². The largest absolute Gasteiger partial charge is 0.454 e. The molecule has 2 heterocycles. The summed E-state index contributed by atoms with van der Waals surface area (Å²) in [5.74, 6) is 0. The first-order valence-electron chi connectivity index (χ1n) is 18.7. The first kappa shape index (κ1) is 31.6. The van der Waals surface area contributed by atoms with Crippen LogP contribution in [0.25, 0.3) is 86.3 Å². The summed E-state index contributed by atoms with van der Waals surface area (Å²) in [5, 5.41) is 7.32. The van der Waals surface area contributed by atoms with Crippen LogP contribution in [0.2, 0.25) is 0 Å². The molecular weight excluding hydrogens is 687 g/mol. The lowest BCUT2D eigenvalue weighted by Crippen LogP contribution is -2.10. The highest BCUT2D eigenvalue weighted by Crippen LogP contribution is 2.46. The molecule has 0 bridgehead atoms. The second kappa shape index (κ2) is 12.9. The highest BCUT2D eigenvalue weighted by Gasteiger charge is 2.21. The van der Waals surface area contributed by atoms with Crippen LogP contribution in [0.5, 0.6) is 0 Å². The van der Waals surface area contributed by atoms with Crippen LogP contribution in [-0.2, 0) is 0 Å². The number of anilines is 3. The molecule has 9 aromatic carbocycles. The normalized spacial score (nSPS) is 11.6. The summed E-state index contributed by atoms with van der Waals surface area (Å²) in [4.78, 5) is 2.35. The summed E-state index contributed by atoms with van der Waals surface area (Å²) in [7, 11) is 0. The van der Waals surface area contributed by atoms with Crippen molar-refractivity contribution in [2.75, 3.05) is 4.90 Å². The predicted octanol–water partition coefficient (Wildman–Crippen LogP) is 15.6. The molecule has 0 spiro atoms. The third-order valence-corrected chi connectivity index (χ3v) is 12.0. The Kier molecular flexibility index (Phi) is 7.39. The van der Waals surface area contributed by atoms with E-state index >= 15 is 0 Å². The molecule has 3 heteroatoms. The number of hydrogen-bond acceptors (Lipinski definition) is 3. The first-order valence-corrected chi connectivity index (χ1v) is 19.5. The summed E-state index contributed by atoms with van der Waals surface area (Å²) in [6.45, 7) is 0. The van der Waals surface area contributed by atoms with Crippen molar-refractivity contribution in [3.05, 3.63) is 200 Å². The molecule has 2 aromatic heterocycles. The fourth-order valence-corrected chi connectivity index (χ4v) is 9.33. The van der Waals surface area contributed by atoms with Gasteiger partial charge in [0.25, 0.3) is 0 Å². The van der Waals surface area contributed by atoms with Gasteiger partial charge in [-0.25, -0.2) is 0 Å². The fraction of sp³-hybridized carbons (Fsp3) is 0. The van der Waals surface area contributed by atoms with Gasteiger partial charge in [0, 0.05) is 42.3 Å². The van der Waals surface area contributed by atoms with Gasteiger partial charge in [0.15, 0.2) is 5.58 Å². The van der Waals surface area contributed by atoms with Crippen molar-refractivity contribution in [1.29, 1.82) is 0 Å². The number of nitrogens with zero attached hydrogens (tertiary/aromatic N) is 1. The Bertz CT molecular complexity index is 3210. The topological polar surface area (TPSA) is 16.4 Å². The number of rotatable bonds is 6. The second-order valence-corrected chi connectivity index (χ2v) is 15.2. The van der Waals surface area contributed by atoms with E-state index in [2.05, 4.69) is 199 Å². The molecule has 0 fully saturated rings. The molecule has 258 valence electrons. The molecule has 0 saturated carbocycles. The lowest BCUT2D eigenvalue weighted by Gasteiger charge is -2.27. The Morgan fingerprint density at radius 2 is 1.05 bits per heavy atom. The first-order chi connectivity index (χ1) is 27.2. The van der Waals surface area contributed by atoms with Crippen LogP contribution < -0.4 is 4.90 Å². The molecule has 0 amide bonds. The van der Waals surface area contributed by atoms with Gasteiger partial charge in [0.2, 0.25) is 0 Å². The van der Waals surface area contributed by atoms with Crippen molar-refractivity contribution in [2.45, 2.75) is 0 Å². The van der Waals surface area contributed by atoms with Crippen LogP contribution in [0, 0.1) is 0 Å². The Morgan fingerprint density at radius 1 is 0.364 bits per heavy atom. The molecule has 2 nitrogen and oxygen atoms in total. The lowest BCUT2D eigenvalue weighted by atomic mass is 9.93. The second-order valence-electron chi connectivity index (χ2n) is 14.1. The molecule has 11 aromatic rings. The Hall–Kier alpha value is -6.94. The summed E-state index contributed by atoms with van der Waals surface area (Å²) < 4.78 is 9.29. The Morgan fingerprint density at radius 3 is 1.95 bits per heavy atom. The standard InChI is InChI=1S/C52H33NOS/c1-2-12-36(13-3-1)47-33-41(28-30-42(47)39-25-29-45-44-16-7-9-20-50(44)55-51(45)32-39)53(48-18-10-17-46-43-15-6-8-19-49(43)54-52(46)48)40-26-23-35(24-27-40)38-22-21-34-11-4-5-14-37(34)31-38/h1-33H. The van der Waals surface area contributed by atoms with Crippen LogP contribution in [0.4, 0.5) is 17.1 Å². The summed E-state index contributed by atoms with van der Waals surface area (Å²) >= 11 is 1.86. The maximum Gasteiger partial charge on any atom is 0.159 e. The van der Waals surface area contributed by atoms with E-state index in [0.29, 0.717) is 0 Å². The number of benzene rings is 9. The maximum absolute atomic E-state index is 6.67. The molecular formula is C52H33NOS. The molecule has 0 saturated heterocycles. The number of hydrogen-bond donors (Lipinski definition) is 0. The number of fused-ring (bicyclic) bond motifs is 7. The zero-order chi connectivity index (χ0) is 36.3. The van der Waals surface area contributed by atoms with E-state index in [9.17, 15) is 0 Å². The number of para-hydroxylation sites is 2. The quantitative estimate of drug-likeness (QED) is 0.170. The Labute approximate surface area is 322 Å². The van der Waals surface area contributed by atoms with Gasteiger partial charge >= 0.3 is 0 Å². The SMILES string of the molecule is c1ccc(-c2cc(N(c3ccc(-c4ccc5ccccc5c4)cc3)c3cccc4c3oc3ccccc34)ccc2-c2ccc3c(c2)sc2ccccc23)cc1. The maximum atomic E-state index is 6.67. The van der Waals surface area contributed by atoms with E-state index in [-0.39, 0.29) is 0 Å². The van der Waals surface area contributed by atoms with Crippen molar-refractivity contribution < 1.29 is 4.42 Å². The average Bonchev–Trinajstić information content (AvgIpc) is 3.83. The number of thiophene rings is 1. The summed E-state index contributed by atoms with van der Waals surface area (Å²) in [5.41, 5.74) is 12.0. The zero-order valence-corrected chi connectivity index (χ0v) is 30.6. The van der Waals surface area contributed by atoms with Crippen molar-refractivity contribution in [3.63, 3.8) is 0 Å². The molecule has 11 rings (SSSR count). The lowest BCUT2D eigenvalue weighted by molar-refractivity contribution is 0.669. The molecule has 0 unspecified atom stereocenters. The minimum atomic E-state index is 0.864. The van der Waals surface area contributed by atoms with Crippen LogP contribution in [0.3, 0.4) is 0 Å². The van der Waals surface area contributed by atoms with E-state index in [4.69, 9.17) is 4.42 Å². The van der Waals surface area contributed by atoms with Gasteiger partial charge in [-0.2, -0.15) is 0 Å². The molecule has 0 radical (unpaired) electrons. The molecule has 0 N–H and O–H groups in total. The monoisotopic (exact) mass is 719 g/mol. The van der Waals surface area contributed by atoms with Crippen molar-refractivity contribution >= 4 is 81.3 Å². The average molecular weight is 720 g/mol. The van der Waals surface area contributed by atoms with E-state index in [1.54, 1.807) is 0 Å². The summed E-state index contributed by atoms with van der Waals surface area (Å²) in [6.07, 6.45) is 0. The van der Waals surface area contributed by atoms with Crippen LogP contribution >= 0.6 is 11.3 Å². The van der Waals surface area contributed by atoms with E-state index < -0.39 is 0 Å². The Balaban J connectivity index is 1.10. The van der Waals surface area contributed by atoms with Gasteiger partial charge in [-0.3, -0.25) is 0 Å². The molecule has 0 atom stereocenters. The molecule has 0 aliphatic heterocycles. The summed E-state index contributed by atoms with van der Waals surface area (Å²) in [6, 6.07) is 72.2. The van der Waals surface area contributed by atoms with E-state index in [1.165, 1.54) is 64.3 Å². The van der Waals surface area contributed by atoms with Gasteiger partial charge in [0.1, 0.15) is 5.58 Å². The highest BCUT2D eigenvalue weighted by atomic mass is 32.1. The van der Waals surface area contributed by atoms with Crippen LogP contribution in [-0.4, -0.2) is 0 Å². The van der Waals surface area contributed by atoms with Gasteiger partial charge < -0.3 is 9.32 Å². The van der Waals surface area contributed by atoms with Gasteiger partial charge in [0.05, 0.1) is 5.69 Å². The minimum Gasteiger partial charge on any atom is -0.454 e. The third-order valence-electron chi connectivity index (χ3n) is 10.9. The van der Waals surface area contributed by atoms with Gasteiger partial charge in [-0.05, 0) is 98.8 Å². The predicted molar refractivity (Wildman–Crippen MR) is 235 cm³/mol. The molecule has 0 aliphatic rings. The van der Waals surface area contributed by atoms with Gasteiger partial charge in [-0.15, -0.1) is 11.3 Å². The molecule has 55 heavy (non-hydrogen) atoms. The number of furan rings is 1. The smallest absolute Gasteiger partial charge is 0.159 e. The molecule has 0 aliphatic carbocycles. The third kappa shape index (κ3) is 5.40. The van der Waals surface area contributed by atoms with Gasteiger partial charge in [-0.1, -0.05) is 146 Å². The minimum absolute atomic E-state index is 0.864. The van der Waals surface area contributed by atoms with Crippen molar-refractivity contribution in [3.8, 4) is 33.4 Å². The van der Waals surface area contributed by atoms with E-state index in [1.807, 2.05) is 17.4 Å². The highest BCUT2D eigenvalue weighted by molar-refractivity contribution is 7.25. The zero-order valence-electron chi connectivity index (χ0n) is 29.8.